The van der Waals surface area contributed by atoms with Crippen molar-refractivity contribution in [2.24, 2.45) is 0 Å². The van der Waals surface area contributed by atoms with Crippen molar-refractivity contribution in [3.8, 4) is 0 Å². The fourth-order valence-electron chi connectivity index (χ4n) is 2.27. The van der Waals surface area contributed by atoms with Gasteiger partial charge >= 0.3 is 5.97 Å². The highest BCUT2D eigenvalue weighted by molar-refractivity contribution is 7.11. The third-order valence-corrected chi connectivity index (χ3v) is 3.86. The van der Waals surface area contributed by atoms with Crippen molar-refractivity contribution in [2.45, 2.75) is 32.6 Å². The predicted octanol–water partition coefficient (Wildman–Crippen LogP) is 0.901. The first-order valence-corrected chi connectivity index (χ1v) is 7.60. The van der Waals surface area contributed by atoms with Crippen LogP contribution < -0.4 is 0 Å². The van der Waals surface area contributed by atoms with E-state index >= 15 is 0 Å². The summed E-state index contributed by atoms with van der Waals surface area (Å²) in [5.41, 5.74) is 0.851. The van der Waals surface area contributed by atoms with Crippen LogP contribution in [0.4, 0.5) is 0 Å². The van der Waals surface area contributed by atoms with E-state index in [1.54, 1.807) is 6.92 Å². The Kier molecular flexibility index (Phi) is 5.47. The molecule has 2 atom stereocenters. The fourth-order valence-corrected chi connectivity index (χ4v) is 2.97. The Balaban J connectivity index is 1.94. The molecule has 0 aliphatic carbocycles. The van der Waals surface area contributed by atoms with Crippen molar-refractivity contribution < 1.29 is 19.4 Å². The smallest absolute Gasteiger partial charge is 0.367 e. The molecule has 2 rings (SSSR count). The molecule has 1 aromatic heterocycles. The topological polar surface area (TPSA) is 71.9 Å². The van der Waals surface area contributed by atoms with Crippen LogP contribution in [0.3, 0.4) is 0 Å². The number of aromatic nitrogens is 1. The van der Waals surface area contributed by atoms with Crippen LogP contribution in [0.25, 0.3) is 0 Å². The van der Waals surface area contributed by atoms with Crippen molar-refractivity contribution in [3.05, 3.63) is 16.1 Å². The Morgan fingerprint density at radius 1 is 1.65 bits per heavy atom. The van der Waals surface area contributed by atoms with Crippen molar-refractivity contribution >= 4 is 17.3 Å². The monoisotopic (exact) mass is 300 g/mol. The van der Waals surface area contributed by atoms with Gasteiger partial charge in [-0.1, -0.05) is 0 Å². The van der Waals surface area contributed by atoms with E-state index in [0.717, 1.165) is 12.2 Å². The molecule has 0 amide bonds. The highest BCUT2D eigenvalue weighted by Gasteiger charge is 2.25. The molecule has 6 nitrogen and oxygen atoms in total. The number of aliphatic hydroxyl groups excluding tert-OH is 1. The van der Waals surface area contributed by atoms with Gasteiger partial charge in [0.15, 0.2) is 0 Å². The third-order valence-electron chi connectivity index (χ3n) is 2.99. The maximum absolute atomic E-state index is 11.6. The van der Waals surface area contributed by atoms with E-state index in [4.69, 9.17) is 9.47 Å². The van der Waals surface area contributed by atoms with Crippen LogP contribution in [0.2, 0.25) is 0 Å². The number of aliphatic hydroxyl groups is 1. The molecule has 1 aliphatic heterocycles. The molecule has 20 heavy (non-hydrogen) atoms. The van der Waals surface area contributed by atoms with Gasteiger partial charge in [0.05, 0.1) is 31.1 Å². The maximum Gasteiger partial charge on any atom is 0.367 e. The lowest BCUT2D eigenvalue weighted by molar-refractivity contribution is -0.0974. The molecule has 1 N–H and O–H groups in total. The molecule has 2 heterocycles. The van der Waals surface area contributed by atoms with Crippen molar-refractivity contribution in [1.29, 1.82) is 0 Å². The van der Waals surface area contributed by atoms with E-state index in [0.29, 0.717) is 24.7 Å². The summed E-state index contributed by atoms with van der Waals surface area (Å²) in [7, 11) is 0. The van der Waals surface area contributed by atoms with E-state index < -0.39 is 0 Å². The van der Waals surface area contributed by atoms with Crippen molar-refractivity contribution in [3.63, 3.8) is 0 Å². The molecule has 0 bridgehead atoms. The molecule has 0 radical (unpaired) electrons. The van der Waals surface area contributed by atoms with Crippen LogP contribution in [-0.4, -0.2) is 59.5 Å². The zero-order chi connectivity index (χ0) is 14.5. The highest BCUT2D eigenvalue weighted by Crippen LogP contribution is 2.17. The Morgan fingerprint density at radius 3 is 3.15 bits per heavy atom. The zero-order valence-corrected chi connectivity index (χ0v) is 12.6. The van der Waals surface area contributed by atoms with Gasteiger partial charge < -0.3 is 14.6 Å². The number of thiazole rings is 1. The lowest BCUT2D eigenvalue weighted by Gasteiger charge is -2.35. The summed E-state index contributed by atoms with van der Waals surface area (Å²) in [6, 6.07) is 0. The molecule has 1 aliphatic rings. The molecule has 0 saturated carbocycles. The van der Waals surface area contributed by atoms with Gasteiger partial charge in [-0.15, -0.1) is 11.3 Å². The van der Waals surface area contributed by atoms with Crippen molar-refractivity contribution in [1.82, 2.24) is 9.88 Å². The lowest BCUT2D eigenvalue weighted by Crippen LogP contribution is -2.47. The normalized spacial score (nSPS) is 23.8. The first-order chi connectivity index (χ1) is 9.62. The number of hydrogen-bond donors (Lipinski definition) is 1. The molecule has 2 unspecified atom stereocenters. The Morgan fingerprint density at radius 2 is 2.45 bits per heavy atom. The first-order valence-electron chi connectivity index (χ1n) is 6.72. The summed E-state index contributed by atoms with van der Waals surface area (Å²) in [6.45, 7) is 6.26. The van der Waals surface area contributed by atoms with Gasteiger partial charge in [-0.3, -0.25) is 4.90 Å². The quantitative estimate of drug-likeness (QED) is 0.815. The van der Waals surface area contributed by atoms with Gasteiger partial charge in [-0.05, 0) is 13.8 Å². The number of esters is 1. The Labute approximate surface area is 122 Å². The van der Waals surface area contributed by atoms with Crippen LogP contribution >= 0.6 is 11.3 Å². The minimum Gasteiger partial charge on any atom is -0.461 e. The van der Waals surface area contributed by atoms with Crippen LogP contribution in [-0.2, 0) is 16.0 Å². The van der Waals surface area contributed by atoms with E-state index in [1.807, 2.05) is 12.3 Å². The summed E-state index contributed by atoms with van der Waals surface area (Å²) in [5.74, 6) is -0.368. The van der Waals surface area contributed by atoms with Crippen LogP contribution in [0.5, 0.6) is 0 Å². The van der Waals surface area contributed by atoms with Gasteiger partial charge in [-0.2, -0.15) is 0 Å². The predicted molar refractivity (Wildman–Crippen MR) is 74.8 cm³/mol. The van der Waals surface area contributed by atoms with Gasteiger partial charge in [0, 0.05) is 25.0 Å². The standard InChI is InChI=1S/C13H20N2O4S/c1-3-18-13(17)12-14-10(8-20-12)5-15-4-9(2)19-11(6-15)7-16/h8-9,11,16H,3-7H2,1-2H3. The second kappa shape index (κ2) is 7.12. The highest BCUT2D eigenvalue weighted by atomic mass is 32.1. The van der Waals surface area contributed by atoms with Crippen LogP contribution in [0, 0.1) is 0 Å². The number of hydrogen-bond acceptors (Lipinski definition) is 7. The van der Waals surface area contributed by atoms with E-state index in [2.05, 4.69) is 9.88 Å². The maximum atomic E-state index is 11.6. The third kappa shape index (κ3) is 3.99. The Bertz CT molecular complexity index is 451. The summed E-state index contributed by atoms with van der Waals surface area (Å²) in [4.78, 5) is 18.0. The van der Waals surface area contributed by atoms with E-state index in [-0.39, 0.29) is 24.8 Å². The van der Waals surface area contributed by atoms with Gasteiger partial charge in [0.1, 0.15) is 0 Å². The number of ether oxygens (including phenoxy) is 2. The molecule has 1 saturated heterocycles. The first kappa shape index (κ1) is 15.4. The van der Waals surface area contributed by atoms with Crippen LogP contribution in [0.1, 0.15) is 29.3 Å². The number of carbonyl (C=O) groups excluding carboxylic acids is 1. The minimum absolute atomic E-state index is 0.0198. The molecular formula is C13H20N2O4S. The van der Waals surface area contributed by atoms with Crippen LogP contribution in [0.15, 0.2) is 5.38 Å². The van der Waals surface area contributed by atoms with Gasteiger partial charge in [0.25, 0.3) is 0 Å². The number of nitrogens with zero attached hydrogens (tertiary/aromatic N) is 2. The van der Waals surface area contributed by atoms with Crippen molar-refractivity contribution in [2.75, 3.05) is 26.3 Å². The average Bonchev–Trinajstić information content (AvgIpc) is 2.87. The van der Waals surface area contributed by atoms with Gasteiger partial charge in [-0.25, -0.2) is 9.78 Å². The zero-order valence-electron chi connectivity index (χ0n) is 11.7. The summed E-state index contributed by atoms with van der Waals surface area (Å²) in [5, 5.41) is 11.5. The molecule has 7 heteroatoms. The SMILES string of the molecule is CCOC(=O)c1nc(CN2CC(C)OC(CO)C2)cs1. The second-order valence-electron chi connectivity index (χ2n) is 4.81. The largest absolute Gasteiger partial charge is 0.461 e. The fraction of sp³-hybridized carbons (Fsp3) is 0.692. The lowest BCUT2D eigenvalue weighted by atomic mass is 10.2. The van der Waals surface area contributed by atoms with Gasteiger partial charge in [0.2, 0.25) is 5.01 Å². The minimum atomic E-state index is -0.368. The molecule has 1 fully saturated rings. The Hall–Kier alpha value is -1.02. The number of morpholine rings is 1. The summed E-state index contributed by atoms with van der Waals surface area (Å²) in [6.07, 6.45) is -0.0639. The van der Waals surface area contributed by atoms with E-state index in [9.17, 15) is 9.90 Å². The molecule has 0 spiro atoms. The molecule has 1 aromatic rings. The second-order valence-corrected chi connectivity index (χ2v) is 5.67. The van der Waals surface area contributed by atoms with E-state index in [1.165, 1.54) is 11.3 Å². The molecular weight excluding hydrogens is 280 g/mol. The average molecular weight is 300 g/mol. The molecule has 112 valence electrons. The number of rotatable bonds is 5. The summed E-state index contributed by atoms with van der Waals surface area (Å²) < 4.78 is 10.5. The molecule has 0 aromatic carbocycles. The number of carbonyl (C=O) groups is 1. The summed E-state index contributed by atoms with van der Waals surface area (Å²) >= 11 is 1.30.